The molecule has 0 heterocycles. The summed E-state index contributed by atoms with van der Waals surface area (Å²) in [5, 5.41) is 0. The predicted octanol–water partition coefficient (Wildman–Crippen LogP) is 3.53. The normalized spacial score (nSPS) is 17.8. The number of hydrogen-bond acceptors (Lipinski definition) is 2. The smallest absolute Gasteiger partial charge is 0.122 e. The van der Waals surface area contributed by atoms with Crippen LogP contribution in [-0.4, -0.2) is 31.6 Å². The second-order valence-electron chi connectivity index (χ2n) is 5.67. The van der Waals surface area contributed by atoms with Gasteiger partial charge in [-0.15, -0.1) is 0 Å². The van der Waals surface area contributed by atoms with Gasteiger partial charge in [0.25, 0.3) is 0 Å². The van der Waals surface area contributed by atoms with Gasteiger partial charge in [0.15, 0.2) is 0 Å². The van der Waals surface area contributed by atoms with E-state index < -0.39 is 0 Å². The molecule has 2 heteroatoms. The van der Waals surface area contributed by atoms with Crippen molar-refractivity contribution in [3.63, 3.8) is 0 Å². The largest absolute Gasteiger partial charge is 0.496 e. The molecule has 0 aliphatic heterocycles. The molecule has 2 rings (SSSR count). The highest BCUT2D eigenvalue weighted by Gasteiger charge is 2.25. The fourth-order valence-corrected chi connectivity index (χ4v) is 3.32. The summed E-state index contributed by atoms with van der Waals surface area (Å²) in [7, 11) is 1.78. The summed E-state index contributed by atoms with van der Waals surface area (Å²) in [4.78, 5) is 2.63. The van der Waals surface area contributed by atoms with Crippen molar-refractivity contribution in [2.45, 2.75) is 39.5 Å². The van der Waals surface area contributed by atoms with E-state index in [1.54, 1.807) is 7.11 Å². The summed E-state index contributed by atoms with van der Waals surface area (Å²) in [5.41, 5.74) is 2.94. The Morgan fingerprint density at radius 3 is 2.53 bits per heavy atom. The van der Waals surface area contributed by atoms with Gasteiger partial charge in [0.05, 0.1) is 7.11 Å². The highest BCUT2D eigenvalue weighted by atomic mass is 16.5. The second-order valence-corrected chi connectivity index (χ2v) is 5.67. The Hall–Kier alpha value is -1.02. The van der Waals surface area contributed by atoms with Gasteiger partial charge in [-0.2, -0.15) is 0 Å². The Labute approximate surface area is 117 Å². The van der Waals surface area contributed by atoms with Crippen LogP contribution in [0.25, 0.3) is 0 Å². The third-order valence-electron chi connectivity index (χ3n) is 4.05. The molecule has 0 aromatic heterocycles. The fraction of sp³-hybridized carbons (Fsp3) is 0.647. The van der Waals surface area contributed by atoms with Crippen LogP contribution < -0.4 is 4.74 Å². The molecule has 0 saturated carbocycles. The molecule has 19 heavy (non-hydrogen) atoms. The summed E-state index contributed by atoms with van der Waals surface area (Å²) in [6.45, 7) is 8.25. The monoisotopic (exact) mass is 261 g/mol. The molecular formula is C17H27NO. The number of ether oxygens (including phenoxy) is 1. The van der Waals surface area contributed by atoms with Crippen LogP contribution in [0.1, 0.15) is 37.8 Å². The highest BCUT2D eigenvalue weighted by molar-refractivity contribution is 5.43. The number of fused-ring (bicyclic) bond motifs is 1. The molecule has 0 spiro atoms. The molecule has 106 valence electrons. The maximum atomic E-state index is 5.49. The average Bonchev–Trinajstić information content (AvgIpc) is 2.81. The first-order chi connectivity index (χ1) is 9.28. The minimum Gasteiger partial charge on any atom is -0.496 e. The van der Waals surface area contributed by atoms with E-state index in [0.29, 0.717) is 0 Å². The lowest BCUT2D eigenvalue weighted by atomic mass is 10.1. The SMILES string of the molecule is CCCN(CCC)C[C@@H]1Cc2cccc(OC)c2C1. The van der Waals surface area contributed by atoms with E-state index in [1.807, 2.05) is 0 Å². The van der Waals surface area contributed by atoms with Crippen molar-refractivity contribution in [1.29, 1.82) is 0 Å². The molecule has 1 aliphatic rings. The van der Waals surface area contributed by atoms with Crippen LogP contribution in [0.5, 0.6) is 5.75 Å². The summed E-state index contributed by atoms with van der Waals surface area (Å²) >= 11 is 0. The molecule has 0 saturated heterocycles. The van der Waals surface area contributed by atoms with Crippen LogP contribution in [0, 0.1) is 5.92 Å². The predicted molar refractivity (Wildman–Crippen MR) is 80.9 cm³/mol. The highest BCUT2D eigenvalue weighted by Crippen LogP contribution is 2.33. The number of benzene rings is 1. The first-order valence-corrected chi connectivity index (χ1v) is 7.65. The minimum absolute atomic E-state index is 0.768. The van der Waals surface area contributed by atoms with E-state index in [9.17, 15) is 0 Å². The maximum Gasteiger partial charge on any atom is 0.122 e. The fourth-order valence-electron chi connectivity index (χ4n) is 3.32. The topological polar surface area (TPSA) is 12.5 Å². The van der Waals surface area contributed by atoms with Crippen LogP contribution in [0.2, 0.25) is 0 Å². The van der Waals surface area contributed by atoms with Crippen molar-refractivity contribution >= 4 is 0 Å². The van der Waals surface area contributed by atoms with E-state index in [0.717, 1.165) is 11.7 Å². The number of nitrogens with zero attached hydrogens (tertiary/aromatic N) is 1. The molecule has 1 atom stereocenters. The Kier molecular flexibility index (Phi) is 5.26. The Balaban J connectivity index is 1.99. The van der Waals surface area contributed by atoms with Gasteiger partial charge in [0.1, 0.15) is 5.75 Å². The van der Waals surface area contributed by atoms with Crippen molar-refractivity contribution in [2.24, 2.45) is 5.92 Å². The number of hydrogen-bond donors (Lipinski definition) is 0. The van der Waals surface area contributed by atoms with Gasteiger partial charge in [-0.25, -0.2) is 0 Å². The number of rotatable bonds is 7. The molecule has 1 aliphatic carbocycles. The molecule has 0 radical (unpaired) electrons. The van der Waals surface area contributed by atoms with E-state index in [2.05, 4.69) is 36.9 Å². The lowest BCUT2D eigenvalue weighted by Gasteiger charge is -2.24. The van der Waals surface area contributed by atoms with Crippen LogP contribution >= 0.6 is 0 Å². The summed E-state index contributed by atoms with van der Waals surface area (Å²) in [6.07, 6.45) is 4.91. The second kappa shape index (κ2) is 6.95. The molecule has 2 nitrogen and oxygen atoms in total. The van der Waals surface area contributed by atoms with Crippen LogP contribution in [0.4, 0.5) is 0 Å². The zero-order chi connectivity index (χ0) is 13.7. The molecular weight excluding hydrogens is 234 g/mol. The zero-order valence-electron chi connectivity index (χ0n) is 12.6. The van der Waals surface area contributed by atoms with Crippen molar-refractivity contribution in [1.82, 2.24) is 4.90 Å². The first kappa shape index (κ1) is 14.4. The zero-order valence-corrected chi connectivity index (χ0v) is 12.6. The molecule has 1 aromatic carbocycles. The third-order valence-corrected chi connectivity index (χ3v) is 4.05. The van der Waals surface area contributed by atoms with Crippen LogP contribution in [0.15, 0.2) is 18.2 Å². The summed E-state index contributed by atoms with van der Waals surface area (Å²) in [6, 6.07) is 6.48. The third kappa shape index (κ3) is 3.50. The standard InChI is InChI=1S/C17H27NO/c1-4-9-18(10-5-2)13-14-11-15-7-6-8-17(19-3)16(15)12-14/h6-8,14H,4-5,9-13H2,1-3H3/t14-/m1/s1. The van der Waals surface area contributed by atoms with E-state index in [-0.39, 0.29) is 0 Å². The van der Waals surface area contributed by atoms with Crippen molar-refractivity contribution < 1.29 is 4.74 Å². The number of methoxy groups -OCH3 is 1. The van der Waals surface area contributed by atoms with Gasteiger partial charge < -0.3 is 9.64 Å². The lowest BCUT2D eigenvalue weighted by molar-refractivity contribution is 0.233. The average molecular weight is 261 g/mol. The molecule has 0 amide bonds. The van der Waals surface area contributed by atoms with E-state index in [4.69, 9.17) is 4.74 Å². The van der Waals surface area contributed by atoms with Crippen molar-refractivity contribution in [3.05, 3.63) is 29.3 Å². The van der Waals surface area contributed by atoms with E-state index in [1.165, 1.54) is 56.4 Å². The van der Waals surface area contributed by atoms with Gasteiger partial charge in [-0.1, -0.05) is 26.0 Å². The minimum atomic E-state index is 0.768. The summed E-state index contributed by atoms with van der Waals surface area (Å²) in [5.74, 6) is 1.85. The molecule has 0 bridgehead atoms. The van der Waals surface area contributed by atoms with Crippen LogP contribution in [-0.2, 0) is 12.8 Å². The molecule has 0 fully saturated rings. The van der Waals surface area contributed by atoms with Crippen molar-refractivity contribution in [2.75, 3.05) is 26.7 Å². The van der Waals surface area contributed by atoms with E-state index >= 15 is 0 Å². The summed E-state index contributed by atoms with van der Waals surface area (Å²) < 4.78 is 5.49. The Bertz CT molecular complexity index is 396. The Morgan fingerprint density at radius 1 is 1.16 bits per heavy atom. The van der Waals surface area contributed by atoms with Crippen molar-refractivity contribution in [3.8, 4) is 5.75 Å². The first-order valence-electron chi connectivity index (χ1n) is 7.65. The molecule has 0 unspecified atom stereocenters. The van der Waals surface area contributed by atoms with Gasteiger partial charge >= 0.3 is 0 Å². The molecule has 1 aromatic rings. The molecule has 0 N–H and O–H groups in total. The van der Waals surface area contributed by atoms with Gasteiger partial charge in [-0.05, 0) is 61.9 Å². The van der Waals surface area contributed by atoms with Crippen LogP contribution in [0.3, 0.4) is 0 Å². The lowest BCUT2D eigenvalue weighted by Crippen LogP contribution is -2.31. The Morgan fingerprint density at radius 2 is 1.89 bits per heavy atom. The van der Waals surface area contributed by atoms with Gasteiger partial charge in [-0.3, -0.25) is 0 Å². The van der Waals surface area contributed by atoms with Gasteiger partial charge in [0, 0.05) is 6.54 Å². The maximum absolute atomic E-state index is 5.49. The van der Waals surface area contributed by atoms with Gasteiger partial charge in [0.2, 0.25) is 0 Å². The quantitative estimate of drug-likeness (QED) is 0.744.